The first-order valence-electron chi connectivity index (χ1n) is 13.5. The zero-order valence-corrected chi connectivity index (χ0v) is 22.1. The van der Waals surface area contributed by atoms with Crippen molar-refractivity contribution in [3.05, 3.63) is 96.1 Å². The summed E-state index contributed by atoms with van der Waals surface area (Å²) in [7, 11) is 0. The van der Waals surface area contributed by atoms with Crippen molar-refractivity contribution in [1.82, 2.24) is 0 Å². The van der Waals surface area contributed by atoms with Gasteiger partial charge in [-0.05, 0) is 61.1 Å². The Kier molecular flexibility index (Phi) is 13.7. The van der Waals surface area contributed by atoms with Crippen LogP contribution in [0, 0.1) is 0 Å². The maximum Gasteiger partial charge on any atom is 0.311 e. The van der Waals surface area contributed by atoms with Crippen molar-refractivity contribution >= 4 is 17.6 Å². The van der Waals surface area contributed by atoms with Gasteiger partial charge in [-0.15, -0.1) is 0 Å². The first-order chi connectivity index (χ1) is 18.7. The van der Waals surface area contributed by atoms with Gasteiger partial charge >= 0.3 is 5.97 Å². The molecule has 3 rings (SSSR count). The van der Waals surface area contributed by atoms with Gasteiger partial charge < -0.3 is 19.5 Å². The number of amides is 1. The Morgan fingerprint density at radius 1 is 0.579 bits per heavy atom. The third-order valence-electron chi connectivity index (χ3n) is 5.95. The highest BCUT2D eigenvalue weighted by Crippen LogP contribution is 2.17. The molecule has 6 nitrogen and oxygen atoms in total. The maximum absolute atomic E-state index is 12.2. The average molecular weight is 518 g/mol. The molecule has 0 unspecified atom stereocenters. The molecule has 0 bridgehead atoms. The molecule has 0 heterocycles. The van der Waals surface area contributed by atoms with E-state index in [4.69, 9.17) is 14.2 Å². The minimum absolute atomic E-state index is 0.0207. The van der Waals surface area contributed by atoms with Gasteiger partial charge in [0.25, 0.3) is 0 Å². The summed E-state index contributed by atoms with van der Waals surface area (Å²) in [6, 6.07) is 27.1. The van der Waals surface area contributed by atoms with Crippen LogP contribution in [0.2, 0.25) is 0 Å². The van der Waals surface area contributed by atoms with Crippen molar-refractivity contribution in [1.29, 1.82) is 0 Å². The van der Waals surface area contributed by atoms with Crippen LogP contribution in [-0.2, 0) is 32.3 Å². The zero-order chi connectivity index (χ0) is 26.7. The van der Waals surface area contributed by atoms with Crippen molar-refractivity contribution < 1.29 is 23.8 Å². The van der Waals surface area contributed by atoms with E-state index in [1.54, 1.807) is 24.3 Å². The number of carbonyl (C=O) groups is 2. The number of rotatable bonds is 18. The molecule has 0 fully saturated rings. The molecule has 0 radical (unpaired) electrons. The van der Waals surface area contributed by atoms with E-state index in [0.717, 1.165) is 44.1 Å². The van der Waals surface area contributed by atoms with Crippen molar-refractivity contribution in [2.24, 2.45) is 0 Å². The summed E-state index contributed by atoms with van der Waals surface area (Å²) in [5, 5.41) is 2.89. The topological polar surface area (TPSA) is 73.9 Å². The first kappa shape index (κ1) is 29.1. The fraction of sp³-hybridized carbons (Fsp3) is 0.375. The molecule has 0 spiro atoms. The summed E-state index contributed by atoms with van der Waals surface area (Å²) in [6.45, 7) is 2.61. The summed E-state index contributed by atoms with van der Waals surface area (Å²) in [4.78, 5) is 24.3. The molecule has 0 saturated heterocycles. The monoisotopic (exact) mass is 517 g/mol. The second-order valence-corrected chi connectivity index (χ2v) is 9.24. The standard InChI is InChI=1S/C32H39NO5/c34-31(17-9-3-11-23-36-25-27-13-5-1-6-14-27)33-29-19-21-30(22-20-29)38-32(35)18-10-4-12-24-37-26-28-15-7-2-8-16-28/h1-2,5-8,13-16,19-22H,3-4,9-12,17-18,23-26H2,(H,33,34). The Hall–Kier alpha value is -3.48. The molecular weight excluding hydrogens is 478 g/mol. The lowest BCUT2D eigenvalue weighted by Gasteiger charge is -2.08. The second kappa shape index (κ2) is 17.9. The second-order valence-electron chi connectivity index (χ2n) is 9.24. The van der Waals surface area contributed by atoms with Gasteiger partial charge in [-0.1, -0.05) is 73.5 Å². The van der Waals surface area contributed by atoms with Crippen LogP contribution in [0.4, 0.5) is 5.69 Å². The van der Waals surface area contributed by atoms with Crippen LogP contribution in [0.3, 0.4) is 0 Å². The number of unbranched alkanes of at least 4 members (excludes halogenated alkanes) is 4. The number of carbonyl (C=O) groups excluding carboxylic acids is 2. The maximum atomic E-state index is 12.2. The largest absolute Gasteiger partial charge is 0.427 e. The van der Waals surface area contributed by atoms with E-state index < -0.39 is 0 Å². The molecule has 0 aliphatic rings. The Balaban J connectivity index is 1.17. The molecule has 38 heavy (non-hydrogen) atoms. The van der Waals surface area contributed by atoms with Crippen LogP contribution >= 0.6 is 0 Å². The van der Waals surface area contributed by atoms with Crippen molar-refractivity contribution in [3.63, 3.8) is 0 Å². The van der Waals surface area contributed by atoms with Crippen LogP contribution in [-0.4, -0.2) is 25.1 Å². The number of nitrogens with one attached hydrogen (secondary N) is 1. The first-order valence-corrected chi connectivity index (χ1v) is 13.5. The van der Waals surface area contributed by atoms with Crippen LogP contribution in [0.5, 0.6) is 5.75 Å². The quantitative estimate of drug-likeness (QED) is 0.111. The molecule has 6 heteroatoms. The highest BCUT2D eigenvalue weighted by Gasteiger charge is 2.07. The van der Waals surface area contributed by atoms with Gasteiger partial charge in [0, 0.05) is 31.7 Å². The summed E-state index contributed by atoms with van der Waals surface area (Å²) < 4.78 is 16.7. The van der Waals surface area contributed by atoms with E-state index in [1.165, 1.54) is 5.56 Å². The normalized spacial score (nSPS) is 10.7. The van der Waals surface area contributed by atoms with Crippen molar-refractivity contribution in [2.45, 2.75) is 64.6 Å². The zero-order valence-electron chi connectivity index (χ0n) is 22.1. The molecule has 0 aromatic heterocycles. The Bertz CT molecular complexity index is 968. The van der Waals surface area contributed by atoms with E-state index in [-0.39, 0.29) is 11.9 Å². The molecule has 1 amide bonds. The van der Waals surface area contributed by atoms with Crippen LogP contribution < -0.4 is 10.1 Å². The minimum atomic E-state index is -0.250. The fourth-order valence-electron chi connectivity index (χ4n) is 3.86. The Labute approximate surface area is 226 Å². The van der Waals surface area contributed by atoms with Gasteiger partial charge in [0.05, 0.1) is 13.2 Å². The van der Waals surface area contributed by atoms with E-state index in [2.05, 4.69) is 5.32 Å². The van der Waals surface area contributed by atoms with Crippen LogP contribution in [0.1, 0.15) is 62.5 Å². The SMILES string of the molecule is O=C(CCCCCOCc1ccccc1)Nc1ccc(OC(=O)CCCCCOCc2ccccc2)cc1. The molecular formula is C32H39NO5. The highest BCUT2D eigenvalue weighted by molar-refractivity contribution is 5.90. The summed E-state index contributed by atoms with van der Waals surface area (Å²) in [6.07, 6.45) is 6.11. The van der Waals surface area contributed by atoms with Gasteiger partial charge in [0.15, 0.2) is 0 Å². The van der Waals surface area contributed by atoms with Crippen LogP contribution in [0.15, 0.2) is 84.9 Å². The highest BCUT2D eigenvalue weighted by atomic mass is 16.5. The molecule has 0 aliphatic carbocycles. The number of hydrogen-bond donors (Lipinski definition) is 1. The molecule has 0 aliphatic heterocycles. The predicted octanol–water partition coefficient (Wildman–Crippen LogP) is 7.08. The lowest BCUT2D eigenvalue weighted by Crippen LogP contribution is -2.11. The molecule has 3 aromatic carbocycles. The number of anilines is 1. The summed E-state index contributed by atoms with van der Waals surface area (Å²) >= 11 is 0. The molecule has 1 N–H and O–H groups in total. The molecule has 3 aromatic rings. The van der Waals surface area contributed by atoms with Gasteiger partial charge in [-0.2, -0.15) is 0 Å². The minimum Gasteiger partial charge on any atom is -0.427 e. The lowest BCUT2D eigenvalue weighted by atomic mass is 10.2. The van der Waals surface area contributed by atoms with Crippen molar-refractivity contribution in [2.75, 3.05) is 18.5 Å². The van der Waals surface area contributed by atoms with Crippen molar-refractivity contribution in [3.8, 4) is 5.75 Å². The van der Waals surface area contributed by atoms with Gasteiger partial charge in [0.1, 0.15) is 5.75 Å². The van der Waals surface area contributed by atoms with E-state index in [0.29, 0.717) is 50.7 Å². The lowest BCUT2D eigenvalue weighted by molar-refractivity contribution is -0.134. The number of benzene rings is 3. The van der Waals surface area contributed by atoms with E-state index in [9.17, 15) is 9.59 Å². The molecule has 0 saturated carbocycles. The third kappa shape index (κ3) is 12.7. The fourth-order valence-corrected chi connectivity index (χ4v) is 3.86. The van der Waals surface area contributed by atoms with Gasteiger partial charge in [-0.3, -0.25) is 9.59 Å². The average Bonchev–Trinajstić information content (AvgIpc) is 2.94. The van der Waals surface area contributed by atoms with E-state index >= 15 is 0 Å². The predicted molar refractivity (Wildman–Crippen MR) is 150 cm³/mol. The number of hydrogen-bond acceptors (Lipinski definition) is 5. The number of ether oxygens (including phenoxy) is 3. The summed E-state index contributed by atoms with van der Waals surface area (Å²) in [5.74, 6) is 0.210. The Morgan fingerprint density at radius 3 is 1.66 bits per heavy atom. The molecule has 202 valence electrons. The Morgan fingerprint density at radius 2 is 1.11 bits per heavy atom. The molecule has 0 atom stereocenters. The van der Waals surface area contributed by atoms with Gasteiger partial charge in [0.2, 0.25) is 5.91 Å². The van der Waals surface area contributed by atoms with Gasteiger partial charge in [-0.25, -0.2) is 0 Å². The van der Waals surface area contributed by atoms with Crippen LogP contribution in [0.25, 0.3) is 0 Å². The summed E-state index contributed by atoms with van der Waals surface area (Å²) in [5.41, 5.74) is 3.03. The van der Waals surface area contributed by atoms with E-state index in [1.807, 2.05) is 60.7 Å². The smallest absolute Gasteiger partial charge is 0.311 e. The number of esters is 1. The third-order valence-corrected chi connectivity index (χ3v) is 5.95.